The van der Waals surface area contributed by atoms with Crippen LogP contribution in [0, 0.1) is 0 Å². The lowest BCUT2D eigenvalue weighted by molar-refractivity contribution is 0.0697. The molecule has 0 bridgehead atoms. The molecule has 0 aliphatic carbocycles. The minimum Gasteiger partial charge on any atom is -0.478 e. The topological polar surface area (TPSA) is 80.6 Å². The summed E-state index contributed by atoms with van der Waals surface area (Å²) < 4.78 is 1.88. The van der Waals surface area contributed by atoms with Gasteiger partial charge in [0, 0.05) is 17.4 Å². The van der Waals surface area contributed by atoms with E-state index in [1.807, 2.05) is 16.5 Å². The third-order valence-electron chi connectivity index (χ3n) is 2.94. The second-order valence-electron chi connectivity index (χ2n) is 4.22. The molecule has 1 aromatic carbocycles. The Morgan fingerprint density at radius 2 is 1.89 bits per heavy atom. The minimum absolute atomic E-state index is 0.254. The Morgan fingerprint density at radius 1 is 1.16 bits per heavy atom. The van der Waals surface area contributed by atoms with E-state index in [1.165, 1.54) is 0 Å². The zero-order chi connectivity index (χ0) is 13.4. The third-order valence-corrected chi connectivity index (χ3v) is 2.94. The average molecular weight is 253 g/mol. The van der Waals surface area contributed by atoms with Crippen molar-refractivity contribution in [3.63, 3.8) is 0 Å². The predicted octanol–water partition coefficient (Wildman–Crippen LogP) is 2.28. The molecule has 5 heteroatoms. The summed E-state index contributed by atoms with van der Waals surface area (Å²) in [5, 5.41) is 8.88. The molecule has 0 saturated heterocycles. The van der Waals surface area contributed by atoms with Crippen LogP contribution in [0.15, 0.2) is 48.8 Å². The van der Waals surface area contributed by atoms with Gasteiger partial charge in [-0.2, -0.15) is 0 Å². The number of aromatic carboxylic acids is 1. The van der Waals surface area contributed by atoms with Crippen LogP contribution in [0.25, 0.3) is 16.9 Å². The highest BCUT2D eigenvalue weighted by molar-refractivity contribution is 5.88. The first-order valence-corrected chi connectivity index (χ1v) is 5.71. The Kier molecular flexibility index (Phi) is 2.45. The van der Waals surface area contributed by atoms with Crippen LogP contribution in [0.2, 0.25) is 0 Å². The molecule has 0 saturated carbocycles. The molecule has 0 unspecified atom stereocenters. The maximum absolute atomic E-state index is 10.8. The molecule has 3 N–H and O–H groups in total. The van der Waals surface area contributed by atoms with Gasteiger partial charge >= 0.3 is 5.97 Å². The molecular weight excluding hydrogens is 242 g/mol. The highest BCUT2D eigenvalue weighted by Crippen LogP contribution is 2.21. The van der Waals surface area contributed by atoms with E-state index in [1.54, 1.807) is 36.7 Å². The number of carboxylic acids is 1. The number of benzene rings is 1. The number of carboxylic acid groups (broad SMARTS) is 1. The quantitative estimate of drug-likeness (QED) is 0.734. The van der Waals surface area contributed by atoms with Crippen LogP contribution < -0.4 is 5.73 Å². The number of nitrogen functional groups attached to an aromatic ring is 1. The molecule has 19 heavy (non-hydrogen) atoms. The zero-order valence-corrected chi connectivity index (χ0v) is 9.95. The van der Waals surface area contributed by atoms with E-state index < -0.39 is 5.97 Å². The molecule has 2 heterocycles. The molecule has 5 nitrogen and oxygen atoms in total. The first kappa shape index (κ1) is 11.3. The number of anilines is 1. The lowest BCUT2D eigenvalue weighted by atomic mass is 10.1. The minimum atomic E-state index is -0.941. The van der Waals surface area contributed by atoms with Crippen LogP contribution in [-0.4, -0.2) is 20.5 Å². The fraction of sp³-hybridized carbons (Fsp3) is 0. The summed E-state index contributed by atoms with van der Waals surface area (Å²) in [6.07, 6.45) is 3.54. The van der Waals surface area contributed by atoms with Crippen molar-refractivity contribution in [1.82, 2.24) is 9.38 Å². The Morgan fingerprint density at radius 3 is 2.58 bits per heavy atom. The summed E-state index contributed by atoms with van der Waals surface area (Å²) in [6, 6.07) is 10.3. The summed E-state index contributed by atoms with van der Waals surface area (Å²) in [4.78, 5) is 15.2. The van der Waals surface area contributed by atoms with Gasteiger partial charge in [-0.15, -0.1) is 0 Å². The first-order chi connectivity index (χ1) is 9.15. The summed E-state index contributed by atoms with van der Waals surface area (Å²) in [7, 11) is 0. The highest BCUT2D eigenvalue weighted by atomic mass is 16.4. The fourth-order valence-corrected chi connectivity index (χ4v) is 1.98. The van der Waals surface area contributed by atoms with Crippen molar-refractivity contribution in [3.05, 3.63) is 54.4 Å². The van der Waals surface area contributed by atoms with E-state index in [0.717, 1.165) is 16.9 Å². The van der Waals surface area contributed by atoms with E-state index in [2.05, 4.69) is 4.98 Å². The summed E-state index contributed by atoms with van der Waals surface area (Å²) in [5.41, 5.74) is 8.45. The average Bonchev–Trinajstić information content (AvgIpc) is 2.81. The van der Waals surface area contributed by atoms with Gasteiger partial charge in [0.15, 0.2) is 0 Å². The number of rotatable bonds is 2. The van der Waals surface area contributed by atoms with Crippen molar-refractivity contribution in [2.45, 2.75) is 0 Å². The van der Waals surface area contributed by atoms with Gasteiger partial charge in [0.1, 0.15) is 5.82 Å². The molecule has 0 aliphatic heterocycles. The molecule has 0 radical (unpaired) electrons. The second-order valence-corrected chi connectivity index (χ2v) is 4.22. The Balaban J connectivity index is 2.13. The van der Waals surface area contributed by atoms with Crippen molar-refractivity contribution in [2.24, 2.45) is 0 Å². The zero-order valence-electron chi connectivity index (χ0n) is 9.95. The largest absolute Gasteiger partial charge is 0.478 e. The maximum atomic E-state index is 10.8. The molecule has 3 rings (SSSR count). The normalized spacial score (nSPS) is 10.7. The van der Waals surface area contributed by atoms with E-state index in [-0.39, 0.29) is 5.56 Å². The molecular formula is C14H11N3O2. The van der Waals surface area contributed by atoms with Gasteiger partial charge in [-0.1, -0.05) is 12.1 Å². The van der Waals surface area contributed by atoms with Crippen LogP contribution in [0.5, 0.6) is 0 Å². The van der Waals surface area contributed by atoms with Crippen LogP contribution in [0.3, 0.4) is 0 Å². The van der Waals surface area contributed by atoms with Crippen molar-refractivity contribution in [1.29, 1.82) is 0 Å². The van der Waals surface area contributed by atoms with Gasteiger partial charge < -0.3 is 10.8 Å². The van der Waals surface area contributed by atoms with Gasteiger partial charge in [0.25, 0.3) is 0 Å². The number of hydrogen-bond acceptors (Lipinski definition) is 3. The molecule has 94 valence electrons. The van der Waals surface area contributed by atoms with Crippen LogP contribution in [0.4, 0.5) is 5.69 Å². The Hall–Kier alpha value is -2.82. The van der Waals surface area contributed by atoms with Crippen LogP contribution in [0.1, 0.15) is 10.4 Å². The van der Waals surface area contributed by atoms with E-state index in [4.69, 9.17) is 10.8 Å². The van der Waals surface area contributed by atoms with Crippen molar-refractivity contribution < 1.29 is 9.90 Å². The van der Waals surface area contributed by atoms with Gasteiger partial charge in [-0.05, 0) is 24.3 Å². The summed E-state index contributed by atoms with van der Waals surface area (Å²) in [5.74, 6) is -0.206. The molecule has 0 atom stereocenters. The van der Waals surface area contributed by atoms with Gasteiger partial charge in [0.2, 0.25) is 0 Å². The molecule has 3 aromatic rings. The fourth-order valence-electron chi connectivity index (χ4n) is 1.98. The molecule has 0 spiro atoms. The summed E-state index contributed by atoms with van der Waals surface area (Å²) in [6.45, 7) is 0. The number of aromatic nitrogens is 2. The number of fused-ring (bicyclic) bond motifs is 1. The highest BCUT2D eigenvalue weighted by Gasteiger charge is 2.08. The number of imidazole rings is 1. The number of pyridine rings is 1. The van der Waals surface area contributed by atoms with Gasteiger partial charge in [-0.3, -0.25) is 4.40 Å². The SMILES string of the molecule is Nc1ccc2cnc(-c3ccc(C(=O)O)cc3)n2c1. The summed E-state index contributed by atoms with van der Waals surface area (Å²) >= 11 is 0. The smallest absolute Gasteiger partial charge is 0.335 e. The van der Waals surface area contributed by atoms with E-state index in [0.29, 0.717) is 5.69 Å². The molecule has 0 aliphatic rings. The molecule has 0 fully saturated rings. The second kappa shape index (κ2) is 4.13. The van der Waals surface area contributed by atoms with Crippen LogP contribution in [-0.2, 0) is 0 Å². The molecule has 2 aromatic heterocycles. The van der Waals surface area contributed by atoms with Gasteiger partial charge in [-0.25, -0.2) is 9.78 Å². The first-order valence-electron chi connectivity index (χ1n) is 5.71. The lowest BCUT2D eigenvalue weighted by Gasteiger charge is -2.03. The lowest BCUT2D eigenvalue weighted by Crippen LogP contribution is -1.96. The van der Waals surface area contributed by atoms with E-state index in [9.17, 15) is 4.79 Å². The molecule has 0 amide bonds. The van der Waals surface area contributed by atoms with Gasteiger partial charge in [0.05, 0.1) is 17.3 Å². The number of hydrogen-bond donors (Lipinski definition) is 2. The predicted molar refractivity (Wildman–Crippen MR) is 72.0 cm³/mol. The number of nitrogens with zero attached hydrogens (tertiary/aromatic N) is 2. The van der Waals surface area contributed by atoms with Crippen molar-refractivity contribution in [2.75, 3.05) is 5.73 Å². The maximum Gasteiger partial charge on any atom is 0.335 e. The van der Waals surface area contributed by atoms with Crippen LogP contribution >= 0.6 is 0 Å². The Bertz CT molecular complexity index is 760. The number of nitrogens with two attached hydrogens (primary N) is 1. The Labute approximate surface area is 108 Å². The standard InChI is InChI=1S/C14H11N3O2/c15-11-5-6-12-7-16-13(17(12)8-11)9-1-3-10(4-2-9)14(18)19/h1-8H,15H2,(H,18,19). The number of carbonyl (C=O) groups is 1. The van der Waals surface area contributed by atoms with Crippen molar-refractivity contribution in [3.8, 4) is 11.4 Å². The van der Waals surface area contributed by atoms with E-state index >= 15 is 0 Å². The monoisotopic (exact) mass is 253 g/mol. The third kappa shape index (κ3) is 1.91. The van der Waals surface area contributed by atoms with Crippen molar-refractivity contribution >= 4 is 17.2 Å².